The second kappa shape index (κ2) is 5.93. The summed E-state index contributed by atoms with van der Waals surface area (Å²) in [4.78, 5) is 11.7. The van der Waals surface area contributed by atoms with E-state index < -0.39 is 0 Å². The van der Waals surface area contributed by atoms with Gasteiger partial charge in [0.2, 0.25) is 5.91 Å². The minimum absolute atomic E-state index is 0.0257. The predicted octanol–water partition coefficient (Wildman–Crippen LogP) is 2.84. The van der Waals surface area contributed by atoms with Crippen molar-refractivity contribution in [2.24, 2.45) is 0 Å². The van der Waals surface area contributed by atoms with Gasteiger partial charge in [-0.2, -0.15) is 9.61 Å². The standard InChI is InChI=1S/C16H17N5O/c1-3-5-16(22)17-13-7-4-6-12(10-13)14-8-9-15-19-18-11(2)21(15)20-14/h4,6-10H,3,5H2,1-2H3,(H,17,22). The number of hydrogen-bond acceptors (Lipinski definition) is 4. The summed E-state index contributed by atoms with van der Waals surface area (Å²) >= 11 is 0. The Morgan fingerprint density at radius 2 is 2.09 bits per heavy atom. The number of aromatic nitrogens is 4. The zero-order valence-corrected chi connectivity index (χ0v) is 12.6. The summed E-state index contributed by atoms with van der Waals surface area (Å²) < 4.78 is 1.71. The largest absolute Gasteiger partial charge is 0.326 e. The van der Waals surface area contributed by atoms with Gasteiger partial charge in [0.1, 0.15) is 0 Å². The summed E-state index contributed by atoms with van der Waals surface area (Å²) in [5, 5.41) is 15.5. The second-order valence-corrected chi connectivity index (χ2v) is 5.11. The van der Waals surface area contributed by atoms with Gasteiger partial charge in [-0.15, -0.1) is 10.2 Å². The van der Waals surface area contributed by atoms with Crippen LogP contribution in [-0.2, 0) is 4.79 Å². The van der Waals surface area contributed by atoms with Crippen LogP contribution >= 0.6 is 0 Å². The Kier molecular flexibility index (Phi) is 3.82. The molecule has 0 aliphatic heterocycles. The number of nitrogens with zero attached hydrogens (tertiary/aromatic N) is 4. The van der Waals surface area contributed by atoms with E-state index in [4.69, 9.17) is 0 Å². The number of rotatable bonds is 4. The van der Waals surface area contributed by atoms with Crippen molar-refractivity contribution < 1.29 is 4.79 Å². The number of benzene rings is 1. The molecule has 6 nitrogen and oxygen atoms in total. The van der Waals surface area contributed by atoms with Gasteiger partial charge in [0.15, 0.2) is 11.5 Å². The van der Waals surface area contributed by atoms with Crippen LogP contribution in [0.4, 0.5) is 5.69 Å². The first kappa shape index (κ1) is 14.2. The fourth-order valence-corrected chi connectivity index (χ4v) is 2.26. The number of aryl methyl sites for hydroxylation is 1. The normalized spacial score (nSPS) is 10.8. The first-order valence-electron chi connectivity index (χ1n) is 7.26. The molecule has 0 bridgehead atoms. The SMILES string of the molecule is CCCC(=O)Nc1cccc(-c2ccc3nnc(C)n3n2)c1. The summed E-state index contributed by atoms with van der Waals surface area (Å²) in [6.45, 7) is 3.84. The highest BCUT2D eigenvalue weighted by molar-refractivity contribution is 5.91. The van der Waals surface area contributed by atoms with Crippen molar-refractivity contribution in [3.8, 4) is 11.3 Å². The molecule has 22 heavy (non-hydrogen) atoms. The highest BCUT2D eigenvalue weighted by Crippen LogP contribution is 2.21. The second-order valence-electron chi connectivity index (χ2n) is 5.11. The summed E-state index contributed by atoms with van der Waals surface area (Å²) in [5.41, 5.74) is 3.23. The summed E-state index contributed by atoms with van der Waals surface area (Å²) in [7, 11) is 0. The molecular formula is C16H17N5O. The van der Waals surface area contributed by atoms with E-state index in [1.807, 2.05) is 50.2 Å². The van der Waals surface area contributed by atoms with Gasteiger partial charge >= 0.3 is 0 Å². The molecule has 112 valence electrons. The molecule has 3 aromatic rings. The van der Waals surface area contributed by atoms with Crippen LogP contribution < -0.4 is 5.32 Å². The lowest BCUT2D eigenvalue weighted by molar-refractivity contribution is -0.116. The highest BCUT2D eigenvalue weighted by Gasteiger charge is 2.07. The third-order valence-electron chi connectivity index (χ3n) is 3.34. The lowest BCUT2D eigenvalue weighted by Gasteiger charge is -2.07. The van der Waals surface area contributed by atoms with E-state index >= 15 is 0 Å². The van der Waals surface area contributed by atoms with Crippen molar-refractivity contribution in [2.45, 2.75) is 26.7 Å². The van der Waals surface area contributed by atoms with E-state index in [0.29, 0.717) is 12.1 Å². The topological polar surface area (TPSA) is 72.2 Å². The van der Waals surface area contributed by atoms with Gasteiger partial charge in [-0.25, -0.2) is 0 Å². The number of hydrogen-bond donors (Lipinski definition) is 1. The molecule has 0 fully saturated rings. The third-order valence-corrected chi connectivity index (χ3v) is 3.34. The Hall–Kier alpha value is -2.76. The van der Waals surface area contributed by atoms with Crippen molar-refractivity contribution in [2.75, 3.05) is 5.32 Å². The molecule has 0 aliphatic rings. The number of amides is 1. The van der Waals surface area contributed by atoms with Crippen LogP contribution in [-0.4, -0.2) is 25.7 Å². The van der Waals surface area contributed by atoms with Crippen molar-refractivity contribution in [3.63, 3.8) is 0 Å². The van der Waals surface area contributed by atoms with E-state index in [0.717, 1.165) is 29.2 Å². The lowest BCUT2D eigenvalue weighted by Crippen LogP contribution is -2.10. The Morgan fingerprint density at radius 3 is 2.91 bits per heavy atom. The fraction of sp³-hybridized carbons (Fsp3) is 0.250. The van der Waals surface area contributed by atoms with Gasteiger partial charge in [0.05, 0.1) is 5.69 Å². The molecule has 0 saturated heterocycles. The number of carbonyl (C=O) groups is 1. The van der Waals surface area contributed by atoms with Crippen molar-refractivity contribution >= 4 is 17.2 Å². The molecule has 3 rings (SSSR count). The molecule has 2 aromatic heterocycles. The van der Waals surface area contributed by atoms with E-state index in [9.17, 15) is 4.79 Å². The van der Waals surface area contributed by atoms with Gasteiger partial charge in [-0.1, -0.05) is 19.1 Å². The molecule has 2 heterocycles. The molecule has 0 spiro atoms. The maximum atomic E-state index is 11.7. The molecule has 0 radical (unpaired) electrons. The molecule has 0 saturated carbocycles. The monoisotopic (exact) mass is 295 g/mol. The number of nitrogens with one attached hydrogen (secondary N) is 1. The van der Waals surface area contributed by atoms with Crippen LogP contribution in [0.2, 0.25) is 0 Å². The van der Waals surface area contributed by atoms with Gasteiger partial charge in [-0.3, -0.25) is 4.79 Å². The summed E-state index contributed by atoms with van der Waals surface area (Å²) in [6.07, 6.45) is 1.35. The summed E-state index contributed by atoms with van der Waals surface area (Å²) in [6, 6.07) is 11.4. The fourth-order valence-electron chi connectivity index (χ4n) is 2.26. The predicted molar refractivity (Wildman–Crippen MR) is 84.5 cm³/mol. The molecule has 6 heteroatoms. The average Bonchev–Trinajstić information content (AvgIpc) is 2.89. The maximum Gasteiger partial charge on any atom is 0.224 e. The molecule has 1 aromatic carbocycles. The van der Waals surface area contributed by atoms with Crippen molar-refractivity contribution in [3.05, 3.63) is 42.2 Å². The molecule has 0 aliphatic carbocycles. The Morgan fingerprint density at radius 1 is 1.23 bits per heavy atom. The van der Waals surface area contributed by atoms with E-state index in [-0.39, 0.29) is 5.91 Å². The number of anilines is 1. The number of carbonyl (C=O) groups excluding carboxylic acids is 1. The molecule has 1 amide bonds. The van der Waals surface area contributed by atoms with Crippen LogP contribution in [0.25, 0.3) is 16.9 Å². The van der Waals surface area contributed by atoms with E-state index in [2.05, 4.69) is 20.6 Å². The Balaban J connectivity index is 1.92. The highest BCUT2D eigenvalue weighted by atomic mass is 16.1. The van der Waals surface area contributed by atoms with Gasteiger partial charge < -0.3 is 5.32 Å². The first-order valence-corrected chi connectivity index (χ1v) is 7.26. The molecular weight excluding hydrogens is 278 g/mol. The zero-order chi connectivity index (χ0) is 15.5. The number of fused-ring (bicyclic) bond motifs is 1. The zero-order valence-electron chi connectivity index (χ0n) is 12.6. The first-order chi connectivity index (χ1) is 10.7. The minimum atomic E-state index is 0.0257. The van der Waals surface area contributed by atoms with Crippen LogP contribution in [0, 0.1) is 6.92 Å². The van der Waals surface area contributed by atoms with Crippen molar-refractivity contribution in [1.29, 1.82) is 0 Å². The Labute approximate surface area is 128 Å². The smallest absolute Gasteiger partial charge is 0.224 e. The summed E-state index contributed by atoms with van der Waals surface area (Å²) in [5.74, 6) is 0.766. The van der Waals surface area contributed by atoms with Gasteiger partial charge in [-0.05, 0) is 37.6 Å². The van der Waals surface area contributed by atoms with Crippen LogP contribution in [0.15, 0.2) is 36.4 Å². The van der Waals surface area contributed by atoms with Crippen LogP contribution in [0.1, 0.15) is 25.6 Å². The lowest BCUT2D eigenvalue weighted by atomic mass is 10.1. The van der Waals surface area contributed by atoms with Gasteiger partial charge in [0, 0.05) is 17.7 Å². The maximum absolute atomic E-state index is 11.7. The van der Waals surface area contributed by atoms with Crippen LogP contribution in [0.3, 0.4) is 0 Å². The van der Waals surface area contributed by atoms with Gasteiger partial charge in [0.25, 0.3) is 0 Å². The minimum Gasteiger partial charge on any atom is -0.326 e. The van der Waals surface area contributed by atoms with E-state index in [1.54, 1.807) is 4.52 Å². The Bertz CT molecular complexity index is 824. The van der Waals surface area contributed by atoms with Crippen molar-refractivity contribution in [1.82, 2.24) is 19.8 Å². The quantitative estimate of drug-likeness (QED) is 0.803. The van der Waals surface area contributed by atoms with E-state index in [1.165, 1.54) is 0 Å². The molecule has 0 atom stereocenters. The van der Waals surface area contributed by atoms with Crippen LogP contribution in [0.5, 0.6) is 0 Å². The third kappa shape index (κ3) is 2.81. The molecule has 1 N–H and O–H groups in total. The average molecular weight is 295 g/mol. The molecule has 0 unspecified atom stereocenters.